The van der Waals surface area contributed by atoms with Crippen molar-refractivity contribution in [3.8, 4) is 0 Å². The van der Waals surface area contributed by atoms with Crippen LogP contribution in [-0.4, -0.2) is 36.0 Å². The number of carbonyl (C=O) groups is 1. The second-order valence-electron chi connectivity index (χ2n) is 5.87. The molecule has 5 heteroatoms. The minimum Gasteiger partial charge on any atom is -0.359 e. The quantitative estimate of drug-likeness (QED) is 0.939. The summed E-state index contributed by atoms with van der Waals surface area (Å²) in [6.45, 7) is 1.72. The third kappa shape index (κ3) is 3.86. The van der Waals surface area contributed by atoms with Crippen molar-refractivity contribution in [3.05, 3.63) is 54.0 Å². The number of nitrogens with zero attached hydrogens (tertiary/aromatic N) is 3. The fourth-order valence-electron chi connectivity index (χ4n) is 3.00. The van der Waals surface area contributed by atoms with Crippen molar-refractivity contribution < 1.29 is 4.79 Å². The van der Waals surface area contributed by atoms with Gasteiger partial charge in [0.1, 0.15) is 11.6 Å². The molecule has 2 heterocycles. The molecule has 1 fully saturated rings. The van der Waals surface area contributed by atoms with Crippen LogP contribution in [0.15, 0.2) is 42.6 Å². The molecule has 1 aromatic heterocycles. The van der Waals surface area contributed by atoms with Crippen LogP contribution in [0.25, 0.3) is 0 Å². The van der Waals surface area contributed by atoms with Gasteiger partial charge in [-0.2, -0.15) is 0 Å². The summed E-state index contributed by atoms with van der Waals surface area (Å²) in [5.41, 5.74) is 1.21. The topological polar surface area (TPSA) is 58.1 Å². The molecular weight excluding hydrogens is 288 g/mol. The van der Waals surface area contributed by atoms with E-state index >= 15 is 0 Å². The van der Waals surface area contributed by atoms with Gasteiger partial charge < -0.3 is 10.2 Å². The smallest absolute Gasteiger partial charge is 0.222 e. The molecule has 0 radical (unpaired) electrons. The lowest BCUT2D eigenvalue weighted by atomic mass is 9.96. The number of aromatic nitrogens is 2. The van der Waals surface area contributed by atoms with Crippen molar-refractivity contribution in [2.24, 2.45) is 5.92 Å². The Morgan fingerprint density at radius 2 is 1.96 bits per heavy atom. The van der Waals surface area contributed by atoms with E-state index in [9.17, 15) is 4.79 Å². The fraction of sp³-hybridized carbons (Fsp3) is 0.389. The summed E-state index contributed by atoms with van der Waals surface area (Å²) in [7, 11) is 1.70. The Kier molecular flexibility index (Phi) is 4.86. The molecule has 1 aromatic carbocycles. The summed E-state index contributed by atoms with van der Waals surface area (Å²) < 4.78 is 0. The first-order valence-electron chi connectivity index (χ1n) is 8.08. The van der Waals surface area contributed by atoms with Crippen LogP contribution in [0.4, 0.5) is 5.82 Å². The predicted octanol–water partition coefficient (Wildman–Crippen LogP) is 2.03. The molecule has 2 aromatic rings. The molecule has 0 bridgehead atoms. The van der Waals surface area contributed by atoms with Gasteiger partial charge in [-0.25, -0.2) is 9.97 Å². The van der Waals surface area contributed by atoms with Gasteiger partial charge in [0.25, 0.3) is 0 Å². The summed E-state index contributed by atoms with van der Waals surface area (Å²) in [6.07, 6.45) is 4.31. The molecule has 23 heavy (non-hydrogen) atoms. The minimum absolute atomic E-state index is 0.127. The maximum atomic E-state index is 11.7. The van der Waals surface area contributed by atoms with Crippen molar-refractivity contribution in [1.29, 1.82) is 0 Å². The lowest BCUT2D eigenvalue weighted by Crippen LogP contribution is -2.40. The Bertz CT molecular complexity index is 651. The van der Waals surface area contributed by atoms with Gasteiger partial charge in [-0.1, -0.05) is 30.3 Å². The predicted molar refractivity (Wildman–Crippen MR) is 90.3 cm³/mol. The van der Waals surface area contributed by atoms with Gasteiger partial charge in [-0.15, -0.1) is 0 Å². The van der Waals surface area contributed by atoms with Gasteiger partial charge in [-0.3, -0.25) is 4.79 Å². The second kappa shape index (κ2) is 7.22. The first-order valence-corrected chi connectivity index (χ1v) is 8.08. The zero-order chi connectivity index (χ0) is 16.1. The molecule has 120 valence electrons. The van der Waals surface area contributed by atoms with E-state index < -0.39 is 0 Å². The number of rotatable bonds is 4. The van der Waals surface area contributed by atoms with Crippen LogP contribution in [0.1, 0.15) is 24.2 Å². The minimum atomic E-state index is 0.127. The Morgan fingerprint density at radius 1 is 1.22 bits per heavy atom. The maximum Gasteiger partial charge on any atom is 0.222 e. The monoisotopic (exact) mass is 310 g/mol. The molecule has 0 saturated carbocycles. The molecule has 0 spiro atoms. The third-order valence-corrected chi connectivity index (χ3v) is 4.33. The number of hydrogen-bond acceptors (Lipinski definition) is 4. The number of amides is 1. The lowest BCUT2D eigenvalue weighted by Gasteiger charge is -2.32. The first-order chi connectivity index (χ1) is 11.3. The standard InChI is InChI=1S/C18H22N4O/c1-19-18(23)15-8-11-22(12-9-15)17-7-10-20-16(21-17)13-14-5-3-2-4-6-14/h2-7,10,15H,8-9,11-13H2,1H3,(H,19,23). The zero-order valence-corrected chi connectivity index (χ0v) is 13.4. The van der Waals surface area contributed by atoms with E-state index in [1.807, 2.05) is 30.5 Å². The van der Waals surface area contributed by atoms with Gasteiger partial charge >= 0.3 is 0 Å². The molecule has 5 nitrogen and oxygen atoms in total. The summed E-state index contributed by atoms with van der Waals surface area (Å²) in [5, 5.41) is 2.74. The van der Waals surface area contributed by atoms with Crippen LogP contribution in [0.3, 0.4) is 0 Å². The highest BCUT2D eigenvalue weighted by atomic mass is 16.1. The Hall–Kier alpha value is -2.43. The molecule has 3 rings (SSSR count). The Morgan fingerprint density at radius 3 is 2.65 bits per heavy atom. The maximum absolute atomic E-state index is 11.7. The molecule has 1 saturated heterocycles. The van der Waals surface area contributed by atoms with Crippen molar-refractivity contribution in [2.45, 2.75) is 19.3 Å². The second-order valence-corrected chi connectivity index (χ2v) is 5.87. The van der Waals surface area contributed by atoms with Crippen LogP contribution < -0.4 is 10.2 Å². The third-order valence-electron chi connectivity index (χ3n) is 4.33. The van der Waals surface area contributed by atoms with E-state index in [0.717, 1.165) is 44.0 Å². The Labute approximate surface area is 136 Å². The normalized spacial score (nSPS) is 15.4. The summed E-state index contributed by atoms with van der Waals surface area (Å²) >= 11 is 0. The number of nitrogens with one attached hydrogen (secondary N) is 1. The fourth-order valence-corrected chi connectivity index (χ4v) is 3.00. The molecule has 1 amide bonds. The molecular formula is C18H22N4O. The number of anilines is 1. The number of benzene rings is 1. The molecule has 0 aliphatic carbocycles. The van der Waals surface area contributed by atoms with Crippen molar-refractivity contribution in [1.82, 2.24) is 15.3 Å². The summed E-state index contributed by atoms with van der Waals surface area (Å²) in [5.74, 6) is 2.07. The summed E-state index contributed by atoms with van der Waals surface area (Å²) in [6, 6.07) is 12.2. The summed E-state index contributed by atoms with van der Waals surface area (Å²) in [4.78, 5) is 23.0. The van der Waals surface area contributed by atoms with Crippen molar-refractivity contribution >= 4 is 11.7 Å². The van der Waals surface area contributed by atoms with Gasteiger partial charge in [0.05, 0.1) is 0 Å². The van der Waals surface area contributed by atoms with Gasteiger partial charge in [0.2, 0.25) is 5.91 Å². The van der Waals surface area contributed by atoms with Gasteiger partial charge in [0.15, 0.2) is 0 Å². The lowest BCUT2D eigenvalue weighted by molar-refractivity contribution is -0.125. The average Bonchev–Trinajstić information content (AvgIpc) is 2.62. The number of carbonyl (C=O) groups excluding carboxylic acids is 1. The van der Waals surface area contributed by atoms with E-state index in [4.69, 9.17) is 4.98 Å². The van der Waals surface area contributed by atoms with E-state index in [0.29, 0.717) is 0 Å². The highest BCUT2D eigenvalue weighted by Crippen LogP contribution is 2.22. The van der Waals surface area contributed by atoms with E-state index in [2.05, 4.69) is 27.3 Å². The molecule has 0 unspecified atom stereocenters. The van der Waals surface area contributed by atoms with Crippen LogP contribution in [0.2, 0.25) is 0 Å². The molecule has 1 aliphatic heterocycles. The van der Waals surface area contributed by atoms with Crippen LogP contribution in [-0.2, 0) is 11.2 Å². The highest BCUT2D eigenvalue weighted by molar-refractivity contribution is 5.78. The largest absolute Gasteiger partial charge is 0.359 e. The Balaban J connectivity index is 1.65. The average molecular weight is 310 g/mol. The van der Waals surface area contributed by atoms with Crippen LogP contribution in [0.5, 0.6) is 0 Å². The van der Waals surface area contributed by atoms with E-state index in [1.165, 1.54) is 5.56 Å². The zero-order valence-electron chi connectivity index (χ0n) is 13.4. The van der Waals surface area contributed by atoms with Crippen LogP contribution >= 0.6 is 0 Å². The van der Waals surface area contributed by atoms with Crippen LogP contribution in [0, 0.1) is 5.92 Å². The van der Waals surface area contributed by atoms with E-state index in [1.54, 1.807) is 7.05 Å². The first kappa shape index (κ1) is 15.5. The molecule has 1 aliphatic rings. The van der Waals surface area contributed by atoms with Gasteiger partial charge in [0, 0.05) is 38.7 Å². The van der Waals surface area contributed by atoms with Gasteiger partial charge in [-0.05, 0) is 24.5 Å². The van der Waals surface area contributed by atoms with Crippen molar-refractivity contribution in [3.63, 3.8) is 0 Å². The van der Waals surface area contributed by atoms with Crippen molar-refractivity contribution in [2.75, 3.05) is 25.0 Å². The number of hydrogen-bond donors (Lipinski definition) is 1. The van der Waals surface area contributed by atoms with E-state index in [-0.39, 0.29) is 11.8 Å². The molecule has 1 N–H and O–H groups in total. The SMILES string of the molecule is CNC(=O)C1CCN(c2ccnc(Cc3ccccc3)n2)CC1. The molecule has 0 atom stereocenters. The highest BCUT2D eigenvalue weighted by Gasteiger charge is 2.24. The number of piperidine rings is 1.